The number of rotatable bonds is 8. The van der Waals surface area contributed by atoms with Crippen LogP contribution in [0.1, 0.15) is 57.4 Å². The van der Waals surface area contributed by atoms with Gasteiger partial charge in [0.15, 0.2) is 23.7 Å². The van der Waals surface area contributed by atoms with Crippen LogP contribution in [0.3, 0.4) is 0 Å². The van der Waals surface area contributed by atoms with Gasteiger partial charge in [0.25, 0.3) is 5.56 Å². The standard InChI is InChI=1S/C33H38N6O6/c1-20(40)42-17-23-25-26(45-31(44-25)22-15-11-8-12-16-22)30(43-23)38-19-34-24-28(38)36-32(35-18-37(5)6)39(29(24)41)27(33(2,3)4)21-13-9-7-10-14-21/h7-16,18-19,23,25-27,30-31H,17H2,1-6H3/b35-18+/t23-,25-,26-,27?,30-,31?/m1/s1. The highest BCUT2D eigenvalue weighted by Gasteiger charge is 2.54. The average molecular weight is 615 g/mol. The number of fused-ring (bicyclic) bond motifs is 2. The second kappa shape index (κ2) is 12.2. The van der Waals surface area contributed by atoms with Crippen molar-refractivity contribution in [2.24, 2.45) is 10.4 Å². The molecule has 0 aliphatic carbocycles. The lowest BCUT2D eigenvalue weighted by molar-refractivity contribution is -0.165. The number of benzene rings is 2. The Labute approximate surface area is 261 Å². The lowest BCUT2D eigenvalue weighted by Crippen LogP contribution is -2.35. The summed E-state index contributed by atoms with van der Waals surface area (Å²) in [5.74, 6) is -0.203. The predicted octanol–water partition coefficient (Wildman–Crippen LogP) is 4.39. The van der Waals surface area contributed by atoms with Gasteiger partial charge in [0, 0.05) is 26.6 Å². The minimum atomic E-state index is -0.768. The third kappa shape index (κ3) is 6.00. The van der Waals surface area contributed by atoms with Gasteiger partial charge in [-0.25, -0.2) is 9.98 Å². The van der Waals surface area contributed by atoms with E-state index >= 15 is 0 Å². The van der Waals surface area contributed by atoms with Crippen molar-refractivity contribution in [3.8, 4) is 0 Å². The average Bonchev–Trinajstić information content (AvgIpc) is 3.71. The first-order valence-electron chi connectivity index (χ1n) is 14.9. The number of carbonyl (C=O) groups excluding carboxylic acids is 1. The molecule has 2 aliphatic heterocycles. The van der Waals surface area contributed by atoms with Gasteiger partial charge in [-0.15, -0.1) is 0 Å². The summed E-state index contributed by atoms with van der Waals surface area (Å²) in [6.45, 7) is 7.56. The molecule has 2 unspecified atom stereocenters. The molecule has 236 valence electrons. The zero-order chi connectivity index (χ0) is 31.9. The number of esters is 1. The number of aromatic nitrogens is 4. The van der Waals surface area contributed by atoms with E-state index in [9.17, 15) is 9.59 Å². The van der Waals surface area contributed by atoms with Crippen molar-refractivity contribution >= 4 is 29.4 Å². The number of aliphatic imine (C=N–C) groups is 1. The van der Waals surface area contributed by atoms with Crippen LogP contribution in [0.25, 0.3) is 11.2 Å². The Kier molecular flexibility index (Phi) is 8.29. The number of hydrogen-bond donors (Lipinski definition) is 0. The number of nitrogens with zero attached hydrogens (tertiary/aromatic N) is 6. The van der Waals surface area contributed by atoms with E-state index < -0.39 is 36.8 Å². The zero-order valence-electron chi connectivity index (χ0n) is 26.2. The minimum Gasteiger partial charge on any atom is -0.463 e. The molecule has 2 saturated heterocycles. The molecule has 2 aliphatic rings. The predicted molar refractivity (Wildman–Crippen MR) is 167 cm³/mol. The van der Waals surface area contributed by atoms with Crippen LogP contribution in [0.2, 0.25) is 0 Å². The van der Waals surface area contributed by atoms with Crippen molar-refractivity contribution in [1.29, 1.82) is 0 Å². The molecule has 2 aromatic carbocycles. The largest absolute Gasteiger partial charge is 0.463 e. The maximum Gasteiger partial charge on any atom is 0.302 e. The van der Waals surface area contributed by atoms with Gasteiger partial charge >= 0.3 is 5.97 Å². The van der Waals surface area contributed by atoms with Crippen molar-refractivity contribution in [2.75, 3.05) is 20.7 Å². The molecule has 0 N–H and O–H groups in total. The zero-order valence-corrected chi connectivity index (χ0v) is 26.2. The molecule has 4 aromatic rings. The second-order valence-electron chi connectivity index (χ2n) is 12.6. The molecule has 0 saturated carbocycles. The van der Waals surface area contributed by atoms with Gasteiger partial charge in [-0.3, -0.25) is 18.7 Å². The molecular formula is C33H38N6O6. The van der Waals surface area contributed by atoms with Crippen LogP contribution < -0.4 is 5.56 Å². The Morgan fingerprint density at radius 3 is 2.36 bits per heavy atom. The lowest BCUT2D eigenvalue weighted by atomic mass is 9.82. The van der Waals surface area contributed by atoms with E-state index in [1.807, 2.05) is 74.8 Å². The fourth-order valence-corrected chi connectivity index (χ4v) is 5.98. The van der Waals surface area contributed by atoms with Crippen LogP contribution in [0.15, 0.2) is 76.8 Å². The summed E-state index contributed by atoms with van der Waals surface area (Å²) in [6, 6.07) is 19.1. The lowest BCUT2D eigenvalue weighted by Gasteiger charge is -2.33. The number of carbonyl (C=O) groups is 1. The summed E-state index contributed by atoms with van der Waals surface area (Å²) in [4.78, 5) is 42.0. The van der Waals surface area contributed by atoms with Crippen LogP contribution in [-0.2, 0) is 23.7 Å². The first kappa shape index (κ1) is 30.6. The van der Waals surface area contributed by atoms with Crippen LogP contribution in [0.5, 0.6) is 0 Å². The normalized spacial score (nSPS) is 23.8. The summed E-state index contributed by atoms with van der Waals surface area (Å²) in [7, 11) is 3.70. The highest BCUT2D eigenvalue weighted by Crippen LogP contribution is 2.45. The molecule has 4 heterocycles. The van der Waals surface area contributed by atoms with E-state index in [0.717, 1.165) is 11.1 Å². The first-order valence-corrected chi connectivity index (χ1v) is 14.9. The highest BCUT2D eigenvalue weighted by atomic mass is 16.8. The van der Waals surface area contributed by atoms with E-state index in [2.05, 4.69) is 30.7 Å². The molecule has 12 heteroatoms. The van der Waals surface area contributed by atoms with E-state index in [1.165, 1.54) is 13.3 Å². The number of hydrogen-bond acceptors (Lipinski definition) is 9. The fraction of sp³-hybridized carbons (Fsp3) is 0.424. The summed E-state index contributed by atoms with van der Waals surface area (Å²) in [5.41, 5.74) is 1.57. The number of ether oxygens (including phenoxy) is 4. The summed E-state index contributed by atoms with van der Waals surface area (Å²) < 4.78 is 27.8. The maximum atomic E-state index is 14.4. The number of imidazole rings is 1. The molecular weight excluding hydrogens is 576 g/mol. The van der Waals surface area contributed by atoms with E-state index in [-0.39, 0.29) is 35.1 Å². The molecule has 0 amide bonds. The van der Waals surface area contributed by atoms with Crippen LogP contribution in [0.4, 0.5) is 5.95 Å². The van der Waals surface area contributed by atoms with Crippen molar-refractivity contribution < 1.29 is 23.7 Å². The van der Waals surface area contributed by atoms with E-state index in [4.69, 9.17) is 23.9 Å². The first-order chi connectivity index (χ1) is 21.5. The molecule has 12 nitrogen and oxygen atoms in total. The Bertz CT molecular complexity index is 1750. The Morgan fingerprint density at radius 2 is 1.71 bits per heavy atom. The van der Waals surface area contributed by atoms with Gasteiger partial charge in [-0.2, -0.15) is 4.98 Å². The van der Waals surface area contributed by atoms with E-state index in [0.29, 0.717) is 5.65 Å². The van der Waals surface area contributed by atoms with Gasteiger partial charge in [0.2, 0.25) is 5.95 Å². The molecule has 6 atom stereocenters. The van der Waals surface area contributed by atoms with Crippen LogP contribution >= 0.6 is 0 Å². The van der Waals surface area contributed by atoms with Crippen molar-refractivity contribution in [2.45, 2.75) is 64.6 Å². The Balaban J connectivity index is 1.47. The highest BCUT2D eigenvalue weighted by molar-refractivity contribution is 5.72. The molecule has 2 aromatic heterocycles. The van der Waals surface area contributed by atoms with Gasteiger partial charge in [0.1, 0.15) is 24.9 Å². The van der Waals surface area contributed by atoms with Gasteiger partial charge < -0.3 is 23.8 Å². The van der Waals surface area contributed by atoms with Crippen molar-refractivity contribution in [3.63, 3.8) is 0 Å². The van der Waals surface area contributed by atoms with E-state index in [1.54, 1.807) is 20.4 Å². The second-order valence-corrected chi connectivity index (χ2v) is 12.6. The molecule has 0 radical (unpaired) electrons. The van der Waals surface area contributed by atoms with Crippen molar-refractivity contribution in [3.05, 3.63) is 88.5 Å². The molecule has 6 rings (SSSR count). The smallest absolute Gasteiger partial charge is 0.302 e. The SMILES string of the molecule is CC(=O)OC[C@H]1O[C@@H](n2cnc3c(=O)n(C(c4ccccc4)C(C)(C)C)c(/N=C/N(C)C)nc32)[C@@H]2OC(c3ccccc3)O[C@@H]21. The van der Waals surface area contributed by atoms with Crippen molar-refractivity contribution in [1.82, 2.24) is 24.0 Å². The van der Waals surface area contributed by atoms with Gasteiger partial charge in [-0.1, -0.05) is 81.4 Å². The minimum absolute atomic E-state index is 0.0204. The van der Waals surface area contributed by atoms with Gasteiger partial charge in [-0.05, 0) is 11.0 Å². The Hall–Kier alpha value is -4.39. The quantitative estimate of drug-likeness (QED) is 0.162. The molecule has 2 fully saturated rings. The maximum absolute atomic E-state index is 14.4. The third-order valence-corrected chi connectivity index (χ3v) is 7.85. The summed E-state index contributed by atoms with van der Waals surface area (Å²) >= 11 is 0. The van der Waals surface area contributed by atoms with Gasteiger partial charge in [0.05, 0.1) is 18.7 Å². The molecule has 0 spiro atoms. The van der Waals surface area contributed by atoms with Crippen LogP contribution in [0, 0.1) is 5.41 Å². The van der Waals surface area contributed by atoms with Crippen LogP contribution in [-0.4, -0.2) is 75.3 Å². The summed E-state index contributed by atoms with van der Waals surface area (Å²) in [5, 5.41) is 0. The fourth-order valence-electron chi connectivity index (χ4n) is 5.98. The molecule has 45 heavy (non-hydrogen) atoms. The topological polar surface area (TPSA) is 122 Å². The summed E-state index contributed by atoms with van der Waals surface area (Å²) in [6.07, 6.45) is -0.0337. The molecule has 0 bridgehead atoms. The monoisotopic (exact) mass is 614 g/mol. The Morgan fingerprint density at radius 1 is 1.04 bits per heavy atom. The third-order valence-electron chi connectivity index (χ3n) is 7.85.